The van der Waals surface area contributed by atoms with E-state index in [0.717, 1.165) is 0 Å². The van der Waals surface area contributed by atoms with Gasteiger partial charge in [-0.3, -0.25) is 4.79 Å². The Morgan fingerprint density at radius 1 is 1.50 bits per heavy atom. The van der Waals surface area contributed by atoms with Gasteiger partial charge in [-0.15, -0.1) is 0 Å². The molecule has 0 atom stereocenters. The van der Waals surface area contributed by atoms with E-state index in [1.54, 1.807) is 19.1 Å². The van der Waals surface area contributed by atoms with Crippen molar-refractivity contribution in [3.05, 3.63) is 35.6 Å². The number of nitrogen functional groups attached to an aromatic ring is 1. The van der Waals surface area contributed by atoms with Gasteiger partial charge in [-0.05, 0) is 19.1 Å². The number of amides is 1. The van der Waals surface area contributed by atoms with Crippen LogP contribution in [0.5, 0.6) is 0 Å². The van der Waals surface area contributed by atoms with Crippen LogP contribution in [-0.2, 0) is 6.54 Å². The molecule has 8 heteroatoms. The van der Waals surface area contributed by atoms with E-state index in [2.05, 4.69) is 30.4 Å². The summed E-state index contributed by atoms with van der Waals surface area (Å²) in [6.07, 6.45) is 1.20. The summed E-state index contributed by atoms with van der Waals surface area (Å²) in [7, 11) is 0. The minimum atomic E-state index is -0.262. The fourth-order valence-electron chi connectivity index (χ4n) is 1.41. The van der Waals surface area contributed by atoms with Gasteiger partial charge in [0.05, 0.1) is 6.54 Å². The van der Waals surface area contributed by atoms with Crippen molar-refractivity contribution in [2.75, 3.05) is 5.43 Å². The second-order valence-corrected chi connectivity index (χ2v) is 3.56. The highest BCUT2D eigenvalue weighted by Gasteiger charge is 2.09. The van der Waals surface area contributed by atoms with Crippen LogP contribution in [0.15, 0.2) is 23.0 Å². The third kappa shape index (κ3) is 2.80. The molecule has 0 saturated carbocycles. The molecule has 8 nitrogen and oxygen atoms in total. The van der Waals surface area contributed by atoms with Crippen LogP contribution in [0.1, 0.15) is 21.9 Å². The third-order valence-corrected chi connectivity index (χ3v) is 2.18. The maximum atomic E-state index is 11.9. The van der Waals surface area contributed by atoms with Gasteiger partial charge in [0, 0.05) is 11.3 Å². The number of nitrogens with two attached hydrogens (primary N) is 1. The molecule has 2 heterocycles. The smallest absolute Gasteiger partial charge is 0.251 e. The van der Waals surface area contributed by atoms with Gasteiger partial charge in [0.2, 0.25) is 6.39 Å². The minimum absolute atomic E-state index is 0.197. The Kier molecular flexibility index (Phi) is 3.49. The number of pyridine rings is 1. The van der Waals surface area contributed by atoms with Crippen LogP contribution < -0.4 is 16.6 Å². The van der Waals surface area contributed by atoms with Crippen LogP contribution in [-0.4, -0.2) is 21.0 Å². The second kappa shape index (κ2) is 5.23. The number of carbonyl (C=O) groups is 1. The zero-order valence-electron chi connectivity index (χ0n) is 9.67. The Hall–Kier alpha value is -2.48. The quantitative estimate of drug-likeness (QED) is 0.514. The average molecular weight is 248 g/mol. The highest BCUT2D eigenvalue weighted by atomic mass is 16.5. The Morgan fingerprint density at radius 3 is 3.00 bits per heavy atom. The first kappa shape index (κ1) is 12.0. The van der Waals surface area contributed by atoms with Crippen LogP contribution in [0.25, 0.3) is 0 Å². The fraction of sp³-hybridized carbons (Fsp3) is 0.200. The standard InChI is InChI=1S/C10H12N6O2/c1-6-2-7(3-8(14-6)15-11)10(17)12-4-9-13-5-18-16-9/h2-3,5H,4,11H2,1H3,(H,12,17)(H,14,15). The molecule has 2 rings (SSSR count). The average Bonchev–Trinajstić information content (AvgIpc) is 2.88. The molecule has 0 aromatic carbocycles. The minimum Gasteiger partial charge on any atom is -0.345 e. The number of anilines is 1. The monoisotopic (exact) mass is 248 g/mol. The summed E-state index contributed by atoms with van der Waals surface area (Å²) in [5.41, 5.74) is 3.55. The normalized spacial score (nSPS) is 10.1. The summed E-state index contributed by atoms with van der Waals surface area (Å²) < 4.78 is 4.56. The van der Waals surface area contributed by atoms with Crippen molar-refractivity contribution in [3.63, 3.8) is 0 Å². The van der Waals surface area contributed by atoms with Crippen molar-refractivity contribution in [2.45, 2.75) is 13.5 Å². The Labute approximate surface area is 103 Å². The maximum absolute atomic E-state index is 11.9. The number of nitrogens with one attached hydrogen (secondary N) is 2. The van der Waals surface area contributed by atoms with E-state index in [-0.39, 0.29) is 12.5 Å². The molecule has 0 aliphatic heterocycles. The van der Waals surface area contributed by atoms with Crippen LogP contribution >= 0.6 is 0 Å². The Bertz CT molecular complexity index is 539. The van der Waals surface area contributed by atoms with Gasteiger partial charge in [0.1, 0.15) is 5.82 Å². The number of hydrazine groups is 1. The van der Waals surface area contributed by atoms with Gasteiger partial charge in [0.25, 0.3) is 5.91 Å². The van der Waals surface area contributed by atoms with E-state index >= 15 is 0 Å². The molecule has 0 fully saturated rings. The lowest BCUT2D eigenvalue weighted by Gasteiger charge is -2.06. The van der Waals surface area contributed by atoms with Crippen LogP contribution in [0, 0.1) is 6.92 Å². The lowest BCUT2D eigenvalue weighted by Crippen LogP contribution is -2.24. The first-order chi connectivity index (χ1) is 8.69. The Balaban J connectivity index is 2.06. The van der Waals surface area contributed by atoms with Crippen molar-refractivity contribution >= 4 is 11.7 Å². The summed E-state index contributed by atoms with van der Waals surface area (Å²) in [4.78, 5) is 19.8. The molecule has 2 aromatic rings. The van der Waals surface area contributed by atoms with E-state index in [1.165, 1.54) is 6.39 Å². The van der Waals surface area contributed by atoms with E-state index in [4.69, 9.17) is 5.84 Å². The van der Waals surface area contributed by atoms with Crippen molar-refractivity contribution < 1.29 is 9.32 Å². The maximum Gasteiger partial charge on any atom is 0.251 e. The van der Waals surface area contributed by atoms with Crippen molar-refractivity contribution in [1.82, 2.24) is 20.4 Å². The molecular formula is C10H12N6O2. The molecule has 4 N–H and O–H groups in total. The van der Waals surface area contributed by atoms with Crippen molar-refractivity contribution in [2.24, 2.45) is 5.84 Å². The summed E-state index contributed by atoms with van der Waals surface area (Å²) in [6, 6.07) is 3.21. The summed E-state index contributed by atoms with van der Waals surface area (Å²) in [6.45, 7) is 1.97. The number of hydrogen-bond donors (Lipinski definition) is 3. The molecule has 2 aromatic heterocycles. The third-order valence-electron chi connectivity index (χ3n) is 2.18. The number of hydrogen-bond acceptors (Lipinski definition) is 7. The molecule has 0 unspecified atom stereocenters. The first-order valence-corrected chi connectivity index (χ1v) is 5.18. The molecule has 94 valence electrons. The molecule has 0 spiro atoms. The zero-order valence-corrected chi connectivity index (χ0v) is 9.67. The predicted molar refractivity (Wildman–Crippen MR) is 62.3 cm³/mol. The Morgan fingerprint density at radius 2 is 2.33 bits per heavy atom. The van der Waals surface area contributed by atoms with E-state index in [0.29, 0.717) is 22.9 Å². The molecule has 0 bridgehead atoms. The van der Waals surface area contributed by atoms with Gasteiger partial charge in [0.15, 0.2) is 5.82 Å². The van der Waals surface area contributed by atoms with Gasteiger partial charge in [-0.25, -0.2) is 10.8 Å². The fourth-order valence-corrected chi connectivity index (χ4v) is 1.41. The van der Waals surface area contributed by atoms with Crippen LogP contribution in [0.4, 0.5) is 5.82 Å². The van der Waals surface area contributed by atoms with Crippen molar-refractivity contribution in [3.8, 4) is 0 Å². The summed E-state index contributed by atoms with van der Waals surface area (Å²) >= 11 is 0. The summed E-state index contributed by atoms with van der Waals surface area (Å²) in [5, 5.41) is 6.25. The largest absolute Gasteiger partial charge is 0.345 e. The molecular weight excluding hydrogens is 236 g/mol. The summed E-state index contributed by atoms with van der Waals surface area (Å²) in [5.74, 6) is 5.84. The lowest BCUT2D eigenvalue weighted by molar-refractivity contribution is 0.0949. The number of aryl methyl sites for hydroxylation is 1. The predicted octanol–water partition coefficient (Wildman–Crippen LogP) is -0.0114. The second-order valence-electron chi connectivity index (χ2n) is 3.56. The van der Waals surface area contributed by atoms with E-state index in [9.17, 15) is 4.79 Å². The van der Waals surface area contributed by atoms with E-state index < -0.39 is 0 Å². The number of rotatable bonds is 4. The SMILES string of the molecule is Cc1cc(C(=O)NCc2ncon2)cc(NN)n1. The van der Waals surface area contributed by atoms with Crippen molar-refractivity contribution in [1.29, 1.82) is 0 Å². The van der Waals surface area contributed by atoms with Crippen LogP contribution in [0.3, 0.4) is 0 Å². The zero-order chi connectivity index (χ0) is 13.0. The number of nitrogens with zero attached hydrogens (tertiary/aromatic N) is 3. The van der Waals surface area contributed by atoms with E-state index in [1.807, 2.05) is 0 Å². The molecule has 18 heavy (non-hydrogen) atoms. The van der Waals surface area contributed by atoms with Gasteiger partial charge in [-0.2, -0.15) is 4.98 Å². The molecule has 0 radical (unpaired) electrons. The van der Waals surface area contributed by atoms with Gasteiger partial charge in [-0.1, -0.05) is 5.16 Å². The molecule has 0 aliphatic carbocycles. The first-order valence-electron chi connectivity index (χ1n) is 5.18. The molecule has 1 amide bonds. The number of carbonyl (C=O) groups excluding carboxylic acids is 1. The van der Waals surface area contributed by atoms with Gasteiger partial charge >= 0.3 is 0 Å². The number of aromatic nitrogens is 3. The topological polar surface area (TPSA) is 119 Å². The molecule has 0 saturated heterocycles. The molecule has 0 aliphatic rings. The van der Waals surface area contributed by atoms with Crippen LogP contribution in [0.2, 0.25) is 0 Å². The highest BCUT2D eigenvalue weighted by molar-refractivity contribution is 5.94. The lowest BCUT2D eigenvalue weighted by atomic mass is 10.2. The highest BCUT2D eigenvalue weighted by Crippen LogP contribution is 2.09. The van der Waals surface area contributed by atoms with Gasteiger partial charge < -0.3 is 15.3 Å².